The first kappa shape index (κ1) is 18.3. The Bertz CT molecular complexity index is 808. The molecule has 1 amide bonds. The number of carbonyl (C=O) groups is 1. The van der Waals surface area contributed by atoms with Crippen LogP contribution in [0.2, 0.25) is 0 Å². The second-order valence-electron chi connectivity index (χ2n) is 5.02. The first-order valence-corrected chi connectivity index (χ1v) is 9.96. The van der Waals surface area contributed by atoms with Crippen LogP contribution in [0.5, 0.6) is 0 Å². The largest absolute Gasteiger partial charge is 0.324 e. The molecule has 0 aromatic heterocycles. The molecule has 5 nitrogen and oxygen atoms in total. The number of nitrogens with one attached hydrogen (secondary N) is 2. The molecular formula is C16H17FN2O3S2. The minimum absolute atomic E-state index is 0.229. The van der Waals surface area contributed by atoms with Crippen molar-refractivity contribution in [1.82, 2.24) is 0 Å². The summed E-state index contributed by atoms with van der Waals surface area (Å²) in [4.78, 5) is 12.9. The summed E-state index contributed by atoms with van der Waals surface area (Å²) in [5.74, 6) is -0.00137. The summed E-state index contributed by atoms with van der Waals surface area (Å²) in [5, 5.41) is 2.69. The molecule has 0 atom stereocenters. The van der Waals surface area contributed by atoms with Gasteiger partial charge in [-0.2, -0.15) is 0 Å². The maximum Gasteiger partial charge on any atom is 0.229 e. The average Bonchev–Trinajstić information content (AvgIpc) is 2.50. The highest BCUT2D eigenvalue weighted by molar-refractivity contribution is 7.99. The van der Waals surface area contributed by atoms with Crippen molar-refractivity contribution in [3.8, 4) is 0 Å². The fraction of sp³-hybridized carbons (Fsp3) is 0.188. The molecule has 24 heavy (non-hydrogen) atoms. The van der Waals surface area contributed by atoms with Crippen LogP contribution >= 0.6 is 11.8 Å². The number of anilines is 2. The number of amides is 1. The van der Waals surface area contributed by atoms with E-state index in [2.05, 4.69) is 10.0 Å². The van der Waals surface area contributed by atoms with Crippen LogP contribution in [0.1, 0.15) is 6.42 Å². The third kappa shape index (κ3) is 6.21. The number of para-hydroxylation sites is 2. The molecule has 2 aromatic carbocycles. The molecule has 0 saturated carbocycles. The van der Waals surface area contributed by atoms with Crippen LogP contribution < -0.4 is 10.0 Å². The zero-order valence-corrected chi connectivity index (χ0v) is 14.6. The number of sulfonamides is 1. The molecule has 0 aliphatic heterocycles. The van der Waals surface area contributed by atoms with Crippen molar-refractivity contribution in [2.45, 2.75) is 11.3 Å². The van der Waals surface area contributed by atoms with Crippen molar-refractivity contribution in [3.63, 3.8) is 0 Å². The second-order valence-corrected chi connectivity index (χ2v) is 7.94. The summed E-state index contributed by atoms with van der Waals surface area (Å²) in [5.41, 5.74) is 0.722. The summed E-state index contributed by atoms with van der Waals surface area (Å²) in [6, 6.07) is 12.6. The van der Waals surface area contributed by atoms with E-state index in [1.807, 2.05) is 0 Å². The van der Waals surface area contributed by atoms with Gasteiger partial charge in [0.2, 0.25) is 15.9 Å². The van der Waals surface area contributed by atoms with Crippen molar-refractivity contribution in [3.05, 3.63) is 54.3 Å². The quantitative estimate of drug-likeness (QED) is 0.735. The SMILES string of the molecule is CS(=O)(=O)Nc1ccccc1NC(=O)CCSc1ccc(F)cc1. The van der Waals surface area contributed by atoms with Gasteiger partial charge in [0.1, 0.15) is 5.82 Å². The van der Waals surface area contributed by atoms with Crippen LogP contribution in [0.4, 0.5) is 15.8 Å². The van der Waals surface area contributed by atoms with Crippen molar-refractivity contribution < 1.29 is 17.6 Å². The number of thioether (sulfide) groups is 1. The van der Waals surface area contributed by atoms with Crippen LogP contribution in [0, 0.1) is 5.82 Å². The fourth-order valence-corrected chi connectivity index (χ4v) is 3.32. The Balaban J connectivity index is 1.89. The van der Waals surface area contributed by atoms with Gasteiger partial charge in [0.25, 0.3) is 0 Å². The molecule has 128 valence electrons. The maximum atomic E-state index is 12.8. The predicted octanol–water partition coefficient (Wildman–Crippen LogP) is 3.32. The number of hydrogen-bond donors (Lipinski definition) is 2. The minimum atomic E-state index is -3.43. The van der Waals surface area contributed by atoms with E-state index in [0.29, 0.717) is 17.1 Å². The molecule has 0 aliphatic carbocycles. The number of carbonyl (C=O) groups excluding carboxylic acids is 1. The van der Waals surface area contributed by atoms with E-state index in [4.69, 9.17) is 0 Å². The van der Waals surface area contributed by atoms with Crippen molar-refractivity contribution in [1.29, 1.82) is 0 Å². The lowest BCUT2D eigenvalue weighted by atomic mass is 10.2. The highest BCUT2D eigenvalue weighted by Crippen LogP contribution is 2.23. The molecule has 2 N–H and O–H groups in total. The van der Waals surface area contributed by atoms with Gasteiger partial charge in [-0.15, -0.1) is 11.8 Å². The van der Waals surface area contributed by atoms with Gasteiger partial charge in [0, 0.05) is 17.1 Å². The molecule has 8 heteroatoms. The van der Waals surface area contributed by atoms with Gasteiger partial charge in [-0.25, -0.2) is 12.8 Å². The smallest absolute Gasteiger partial charge is 0.229 e. The average molecular weight is 368 g/mol. The summed E-state index contributed by atoms with van der Waals surface area (Å²) in [7, 11) is -3.43. The molecule has 0 heterocycles. The van der Waals surface area contributed by atoms with Gasteiger partial charge in [0.15, 0.2) is 0 Å². The Hall–Kier alpha value is -2.06. The minimum Gasteiger partial charge on any atom is -0.324 e. The number of halogens is 1. The fourth-order valence-electron chi connectivity index (χ4n) is 1.89. The van der Waals surface area contributed by atoms with E-state index in [9.17, 15) is 17.6 Å². The van der Waals surface area contributed by atoms with Crippen molar-refractivity contribution in [2.75, 3.05) is 22.0 Å². The molecule has 0 radical (unpaired) electrons. The highest BCUT2D eigenvalue weighted by atomic mass is 32.2. The lowest BCUT2D eigenvalue weighted by molar-refractivity contribution is -0.115. The van der Waals surface area contributed by atoms with Crippen LogP contribution in [0.25, 0.3) is 0 Å². The van der Waals surface area contributed by atoms with Crippen LogP contribution in [0.3, 0.4) is 0 Å². The molecule has 0 bridgehead atoms. The molecule has 2 rings (SSSR count). The third-order valence-corrected chi connectivity index (χ3v) is 4.51. The van der Waals surface area contributed by atoms with E-state index < -0.39 is 10.0 Å². The first-order valence-electron chi connectivity index (χ1n) is 7.08. The van der Waals surface area contributed by atoms with Crippen LogP contribution in [-0.2, 0) is 14.8 Å². The lowest BCUT2D eigenvalue weighted by Crippen LogP contribution is -2.16. The zero-order chi connectivity index (χ0) is 17.6. The Kier molecular flexibility index (Phi) is 6.22. The summed E-state index contributed by atoms with van der Waals surface area (Å²) >= 11 is 1.44. The van der Waals surface area contributed by atoms with Crippen molar-refractivity contribution in [2.24, 2.45) is 0 Å². The van der Waals surface area contributed by atoms with Gasteiger partial charge in [-0.05, 0) is 36.4 Å². The van der Waals surface area contributed by atoms with Gasteiger partial charge < -0.3 is 5.32 Å². The zero-order valence-electron chi connectivity index (χ0n) is 13.0. The number of benzene rings is 2. The topological polar surface area (TPSA) is 75.3 Å². The van der Waals surface area contributed by atoms with E-state index in [-0.39, 0.29) is 18.1 Å². The third-order valence-electron chi connectivity index (χ3n) is 2.91. The summed E-state index contributed by atoms with van der Waals surface area (Å²) < 4.78 is 37.8. The van der Waals surface area contributed by atoms with Gasteiger partial charge >= 0.3 is 0 Å². The summed E-state index contributed by atoms with van der Waals surface area (Å²) in [6.07, 6.45) is 1.29. The van der Waals surface area contributed by atoms with Crippen LogP contribution in [-0.4, -0.2) is 26.3 Å². The highest BCUT2D eigenvalue weighted by Gasteiger charge is 2.10. The number of hydrogen-bond acceptors (Lipinski definition) is 4. The second kappa shape index (κ2) is 8.16. The van der Waals surface area contributed by atoms with Gasteiger partial charge in [-0.3, -0.25) is 9.52 Å². The maximum absolute atomic E-state index is 12.8. The Morgan fingerprint density at radius 3 is 2.33 bits per heavy atom. The first-order chi connectivity index (χ1) is 11.3. The standard InChI is InChI=1S/C16H17FN2O3S2/c1-24(21,22)19-15-5-3-2-4-14(15)18-16(20)10-11-23-13-8-6-12(17)7-9-13/h2-9,19H,10-11H2,1H3,(H,18,20). The van der Waals surface area contributed by atoms with Crippen LogP contribution in [0.15, 0.2) is 53.4 Å². The monoisotopic (exact) mass is 368 g/mol. The van der Waals surface area contributed by atoms with Gasteiger partial charge in [-0.1, -0.05) is 12.1 Å². The van der Waals surface area contributed by atoms with E-state index in [1.165, 1.54) is 23.9 Å². The Morgan fingerprint density at radius 2 is 1.71 bits per heavy atom. The summed E-state index contributed by atoms with van der Waals surface area (Å²) in [6.45, 7) is 0. The lowest BCUT2D eigenvalue weighted by Gasteiger charge is -2.11. The molecule has 0 fully saturated rings. The van der Waals surface area contributed by atoms with Gasteiger partial charge in [0.05, 0.1) is 17.6 Å². The van der Waals surface area contributed by atoms with E-state index in [1.54, 1.807) is 36.4 Å². The Labute approximate surface area is 144 Å². The predicted molar refractivity (Wildman–Crippen MR) is 95.3 cm³/mol. The molecular weight excluding hydrogens is 351 g/mol. The van der Waals surface area contributed by atoms with E-state index in [0.717, 1.165) is 11.2 Å². The Morgan fingerprint density at radius 1 is 1.08 bits per heavy atom. The molecule has 0 unspecified atom stereocenters. The molecule has 2 aromatic rings. The normalized spacial score (nSPS) is 11.1. The molecule has 0 saturated heterocycles. The van der Waals surface area contributed by atoms with E-state index >= 15 is 0 Å². The molecule has 0 spiro atoms. The number of rotatable bonds is 7. The molecule has 0 aliphatic rings. The van der Waals surface area contributed by atoms with Crippen molar-refractivity contribution >= 4 is 39.1 Å².